The Labute approximate surface area is 122 Å². The second-order valence-electron chi connectivity index (χ2n) is 4.57. The molecule has 20 heavy (non-hydrogen) atoms. The molecule has 1 saturated heterocycles. The van der Waals surface area contributed by atoms with Crippen molar-refractivity contribution in [3.05, 3.63) is 35.6 Å². The van der Waals surface area contributed by atoms with Gasteiger partial charge in [0.05, 0.1) is 0 Å². The highest BCUT2D eigenvalue weighted by Crippen LogP contribution is 2.18. The zero-order chi connectivity index (χ0) is 13.9. The maximum atomic E-state index is 5.81. The van der Waals surface area contributed by atoms with Gasteiger partial charge >= 0.3 is 0 Å². The van der Waals surface area contributed by atoms with Gasteiger partial charge in [0, 0.05) is 31.9 Å². The first-order chi connectivity index (χ1) is 9.72. The molecule has 104 valence electrons. The van der Waals surface area contributed by atoms with Crippen molar-refractivity contribution in [1.82, 2.24) is 15.0 Å². The third-order valence-electron chi connectivity index (χ3n) is 3.30. The van der Waals surface area contributed by atoms with E-state index in [2.05, 4.69) is 36.9 Å². The Morgan fingerprint density at radius 2 is 1.55 bits per heavy atom. The zero-order valence-corrected chi connectivity index (χ0v) is 11.7. The molecule has 2 aromatic rings. The molecule has 0 saturated carbocycles. The standard InChI is InChI=1S/C13H15ClN6/c14-11-16-12(15)18-13(17-11)20-8-6-19(7-9-20)10-4-2-1-3-5-10/h1-5H,6-9H2,(H2,15,16,17,18). The van der Waals surface area contributed by atoms with Crippen LogP contribution in [0.4, 0.5) is 17.6 Å². The van der Waals surface area contributed by atoms with Gasteiger partial charge in [-0.05, 0) is 23.7 Å². The van der Waals surface area contributed by atoms with E-state index in [1.54, 1.807) is 0 Å². The smallest absolute Gasteiger partial charge is 0.231 e. The van der Waals surface area contributed by atoms with Gasteiger partial charge in [-0.1, -0.05) is 18.2 Å². The molecule has 3 rings (SSSR count). The second-order valence-corrected chi connectivity index (χ2v) is 4.91. The molecule has 0 radical (unpaired) electrons. The predicted octanol–water partition coefficient (Wildman–Crippen LogP) is 1.43. The van der Waals surface area contributed by atoms with Crippen LogP contribution >= 0.6 is 11.6 Å². The number of anilines is 3. The largest absolute Gasteiger partial charge is 0.368 e. The van der Waals surface area contributed by atoms with Gasteiger partial charge in [0.15, 0.2) is 0 Å². The quantitative estimate of drug-likeness (QED) is 0.902. The lowest BCUT2D eigenvalue weighted by Crippen LogP contribution is -2.47. The molecule has 1 aliphatic rings. The van der Waals surface area contributed by atoms with Crippen molar-refractivity contribution in [2.45, 2.75) is 0 Å². The SMILES string of the molecule is Nc1nc(Cl)nc(N2CCN(c3ccccc3)CC2)n1. The highest BCUT2D eigenvalue weighted by atomic mass is 35.5. The average Bonchev–Trinajstić information content (AvgIpc) is 2.47. The summed E-state index contributed by atoms with van der Waals surface area (Å²) < 4.78 is 0. The Hall–Kier alpha value is -2.08. The van der Waals surface area contributed by atoms with Gasteiger partial charge in [0.1, 0.15) is 0 Å². The summed E-state index contributed by atoms with van der Waals surface area (Å²) in [4.78, 5) is 16.4. The van der Waals surface area contributed by atoms with Crippen LogP contribution in [0.1, 0.15) is 0 Å². The lowest BCUT2D eigenvalue weighted by atomic mass is 10.2. The molecule has 7 heteroatoms. The summed E-state index contributed by atoms with van der Waals surface area (Å²) in [5, 5.41) is 0.137. The summed E-state index contributed by atoms with van der Waals surface area (Å²) in [6, 6.07) is 10.4. The van der Waals surface area contributed by atoms with E-state index >= 15 is 0 Å². The number of para-hydroxylation sites is 1. The van der Waals surface area contributed by atoms with Crippen LogP contribution in [0.5, 0.6) is 0 Å². The lowest BCUT2D eigenvalue weighted by Gasteiger charge is -2.36. The summed E-state index contributed by atoms with van der Waals surface area (Å²) in [6.07, 6.45) is 0. The van der Waals surface area contributed by atoms with E-state index in [4.69, 9.17) is 17.3 Å². The Morgan fingerprint density at radius 3 is 2.20 bits per heavy atom. The number of benzene rings is 1. The number of halogens is 1. The monoisotopic (exact) mass is 290 g/mol. The van der Waals surface area contributed by atoms with Crippen molar-refractivity contribution in [1.29, 1.82) is 0 Å². The first-order valence-corrected chi connectivity index (χ1v) is 6.82. The lowest BCUT2D eigenvalue weighted by molar-refractivity contribution is 0.639. The zero-order valence-electron chi connectivity index (χ0n) is 10.9. The Balaban J connectivity index is 1.69. The number of nitrogens with zero attached hydrogens (tertiary/aromatic N) is 5. The number of aromatic nitrogens is 3. The third-order valence-corrected chi connectivity index (χ3v) is 3.47. The molecule has 0 aliphatic carbocycles. The topological polar surface area (TPSA) is 71.2 Å². The average molecular weight is 291 g/mol. The van der Waals surface area contributed by atoms with E-state index in [1.807, 2.05) is 18.2 Å². The first kappa shape index (κ1) is 12.9. The van der Waals surface area contributed by atoms with E-state index in [1.165, 1.54) is 5.69 Å². The third kappa shape index (κ3) is 2.75. The van der Waals surface area contributed by atoms with Crippen LogP contribution in [0.2, 0.25) is 5.28 Å². The van der Waals surface area contributed by atoms with Gasteiger partial charge in [0.25, 0.3) is 0 Å². The van der Waals surface area contributed by atoms with E-state index in [0.29, 0.717) is 5.95 Å². The molecule has 0 bridgehead atoms. The summed E-state index contributed by atoms with van der Waals surface area (Å²) >= 11 is 5.81. The molecule has 0 atom stereocenters. The van der Waals surface area contributed by atoms with Gasteiger partial charge in [0.2, 0.25) is 17.2 Å². The van der Waals surface area contributed by atoms with Crippen molar-refractivity contribution in [2.75, 3.05) is 41.7 Å². The minimum absolute atomic E-state index is 0.137. The van der Waals surface area contributed by atoms with Crippen LogP contribution in [-0.2, 0) is 0 Å². The summed E-state index contributed by atoms with van der Waals surface area (Å²) in [6.45, 7) is 3.48. The molecule has 2 N–H and O–H groups in total. The molecule has 1 aromatic heterocycles. The molecule has 2 heterocycles. The number of nitrogen functional groups attached to an aromatic ring is 1. The number of hydrogen-bond donors (Lipinski definition) is 1. The molecule has 0 spiro atoms. The second kappa shape index (κ2) is 5.50. The van der Waals surface area contributed by atoms with Crippen LogP contribution in [-0.4, -0.2) is 41.1 Å². The normalized spacial score (nSPS) is 15.4. The Morgan fingerprint density at radius 1 is 0.900 bits per heavy atom. The Bertz CT molecular complexity index is 562. The fourth-order valence-electron chi connectivity index (χ4n) is 2.30. The van der Waals surface area contributed by atoms with Gasteiger partial charge in [-0.25, -0.2) is 0 Å². The molecule has 0 amide bonds. The summed E-state index contributed by atoms with van der Waals surface area (Å²) in [5.74, 6) is 0.709. The fraction of sp³-hybridized carbons (Fsp3) is 0.308. The predicted molar refractivity (Wildman–Crippen MR) is 80.1 cm³/mol. The maximum absolute atomic E-state index is 5.81. The van der Waals surface area contributed by atoms with Crippen LogP contribution in [0, 0.1) is 0 Å². The molecular weight excluding hydrogens is 276 g/mol. The van der Waals surface area contributed by atoms with Crippen molar-refractivity contribution in [3.63, 3.8) is 0 Å². The van der Waals surface area contributed by atoms with Crippen LogP contribution in [0.25, 0.3) is 0 Å². The highest BCUT2D eigenvalue weighted by molar-refractivity contribution is 6.28. The number of nitrogens with two attached hydrogens (primary N) is 1. The van der Waals surface area contributed by atoms with Crippen LogP contribution in [0.3, 0.4) is 0 Å². The molecule has 0 unspecified atom stereocenters. The molecule has 1 fully saturated rings. The van der Waals surface area contributed by atoms with E-state index in [-0.39, 0.29) is 11.2 Å². The number of hydrogen-bond acceptors (Lipinski definition) is 6. The number of piperazine rings is 1. The minimum Gasteiger partial charge on any atom is -0.368 e. The van der Waals surface area contributed by atoms with Crippen molar-refractivity contribution in [2.24, 2.45) is 0 Å². The van der Waals surface area contributed by atoms with Gasteiger partial charge in [-0.15, -0.1) is 0 Å². The van der Waals surface area contributed by atoms with E-state index < -0.39 is 0 Å². The van der Waals surface area contributed by atoms with Crippen molar-refractivity contribution < 1.29 is 0 Å². The van der Waals surface area contributed by atoms with Crippen LogP contribution < -0.4 is 15.5 Å². The number of rotatable bonds is 2. The van der Waals surface area contributed by atoms with Gasteiger partial charge in [-0.2, -0.15) is 15.0 Å². The Kier molecular flexibility index (Phi) is 3.56. The van der Waals surface area contributed by atoms with E-state index in [9.17, 15) is 0 Å². The highest BCUT2D eigenvalue weighted by Gasteiger charge is 2.20. The molecule has 1 aliphatic heterocycles. The molecule has 6 nitrogen and oxygen atoms in total. The van der Waals surface area contributed by atoms with Crippen LogP contribution in [0.15, 0.2) is 30.3 Å². The molecular formula is C13H15ClN6. The van der Waals surface area contributed by atoms with E-state index in [0.717, 1.165) is 26.2 Å². The molecule has 1 aromatic carbocycles. The maximum Gasteiger partial charge on any atom is 0.231 e. The van der Waals surface area contributed by atoms with Crippen molar-refractivity contribution >= 4 is 29.2 Å². The minimum atomic E-state index is 0.137. The summed E-state index contributed by atoms with van der Waals surface area (Å²) in [5.41, 5.74) is 6.84. The summed E-state index contributed by atoms with van der Waals surface area (Å²) in [7, 11) is 0. The van der Waals surface area contributed by atoms with Gasteiger partial charge in [-0.3, -0.25) is 0 Å². The van der Waals surface area contributed by atoms with Crippen molar-refractivity contribution in [3.8, 4) is 0 Å². The van der Waals surface area contributed by atoms with Gasteiger partial charge < -0.3 is 15.5 Å². The first-order valence-electron chi connectivity index (χ1n) is 6.44. The fourth-order valence-corrected chi connectivity index (χ4v) is 2.46.